The van der Waals surface area contributed by atoms with E-state index in [1.165, 1.54) is 6.33 Å². The summed E-state index contributed by atoms with van der Waals surface area (Å²) in [4.78, 5) is 17.0. The molecule has 0 aliphatic rings. The average Bonchev–Trinajstić information content (AvgIpc) is 2.49. The van der Waals surface area contributed by atoms with Gasteiger partial charge in [0.05, 0.1) is 16.4 Å². The second-order valence-electron chi connectivity index (χ2n) is 3.86. The third-order valence-electron chi connectivity index (χ3n) is 2.62. The Morgan fingerprint density at radius 2 is 1.79 bits per heavy atom. The van der Waals surface area contributed by atoms with Crippen LogP contribution in [0.5, 0.6) is 0 Å². The van der Waals surface area contributed by atoms with Crippen LogP contribution in [0.3, 0.4) is 0 Å². The summed E-state index contributed by atoms with van der Waals surface area (Å²) in [6, 6.07) is 9.32. The summed E-state index contributed by atoms with van der Waals surface area (Å²) in [7, 11) is 0. The minimum absolute atomic E-state index is 0.597. The molecule has 0 aliphatic carbocycles. The van der Waals surface area contributed by atoms with Gasteiger partial charge in [-0.25, -0.2) is 9.97 Å². The van der Waals surface area contributed by atoms with Crippen LogP contribution in [0.15, 0.2) is 55.2 Å². The second kappa shape index (κ2) is 5.12. The van der Waals surface area contributed by atoms with Crippen LogP contribution in [0.4, 0.5) is 0 Å². The molecule has 3 aromatic rings. The first-order chi connectivity index (χ1) is 9.34. The fourth-order valence-corrected chi connectivity index (χ4v) is 1.87. The zero-order valence-electron chi connectivity index (χ0n) is 9.86. The molecule has 0 bridgehead atoms. The molecule has 0 unspecified atom stereocenters. The molecule has 0 radical (unpaired) electrons. The zero-order chi connectivity index (χ0) is 13.1. The average molecular weight is 269 g/mol. The Labute approximate surface area is 115 Å². The second-order valence-corrected chi connectivity index (χ2v) is 4.30. The van der Waals surface area contributed by atoms with E-state index in [4.69, 9.17) is 11.6 Å². The van der Waals surface area contributed by atoms with Crippen molar-refractivity contribution in [2.45, 2.75) is 0 Å². The molecule has 92 valence electrons. The zero-order valence-corrected chi connectivity index (χ0v) is 10.6. The standard InChI is InChI=1S/C14H9ClN4/c15-10-4-5-12(18-7-10)11-8-16-9-19-14(11)13-3-1-2-6-17-13/h1-9H. The van der Waals surface area contributed by atoms with E-state index < -0.39 is 0 Å². The number of nitrogens with zero attached hydrogens (tertiary/aromatic N) is 4. The third-order valence-corrected chi connectivity index (χ3v) is 2.85. The monoisotopic (exact) mass is 268 g/mol. The Hall–Kier alpha value is -2.33. The van der Waals surface area contributed by atoms with E-state index in [0.717, 1.165) is 22.6 Å². The number of halogens is 1. The van der Waals surface area contributed by atoms with Crippen molar-refractivity contribution in [2.24, 2.45) is 0 Å². The molecule has 0 amide bonds. The van der Waals surface area contributed by atoms with E-state index in [9.17, 15) is 0 Å². The number of hydrogen-bond acceptors (Lipinski definition) is 4. The number of aromatic nitrogens is 4. The summed E-state index contributed by atoms with van der Waals surface area (Å²) in [6.07, 6.45) is 6.57. The van der Waals surface area contributed by atoms with Crippen LogP contribution in [0, 0.1) is 0 Å². The molecule has 0 saturated heterocycles. The van der Waals surface area contributed by atoms with Gasteiger partial charge in [0.25, 0.3) is 0 Å². The number of pyridine rings is 2. The Kier molecular flexibility index (Phi) is 3.16. The van der Waals surface area contributed by atoms with Crippen molar-refractivity contribution in [3.63, 3.8) is 0 Å². The molecule has 0 atom stereocenters. The van der Waals surface area contributed by atoms with Crippen molar-refractivity contribution in [1.82, 2.24) is 19.9 Å². The molecule has 3 heterocycles. The summed E-state index contributed by atoms with van der Waals surface area (Å²) in [5.74, 6) is 0. The van der Waals surface area contributed by atoms with E-state index >= 15 is 0 Å². The Balaban J connectivity index is 2.15. The van der Waals surface area contributed by atoms with E-state index in [2.05, 4.69) is 19.9 Å². The maximum absolute atomic E-state index is 5.85. The van der Waals surface area contributed by atoms with Gasteiger partial charge < -0.3 is 0 Å². The molecule has 0 N–H and O–H groups in total. The van der Waals surface area contributed by atoms with Crippen molar-refractivity contribution in [3.8, 4) is 22.6 Å². The van der Waals surface area contributed by atoms with Crippen molar-refractivity contribution in [2.75, 3.05) is 0 Å². The minimum Gasteiger partial charge on any atom is -0.255 e. The van der Waals surface area contributed by atoms with Gasteiger partial charge in [0.1, 0.15) is 12.0 Å². The maximum atomic E-state index is 5.85. The highest BCUT2D eigenvalue weighted by molar-refractivity contribution is 6.30. The summed E-state index contributed by atoms with van der Waals surface area (Å²) in [5.41, 5.74) is 3.14. The minimum atomic E-state index is 0.597. The van der Waals surface area contributed by atoms with E-state index in [-0.39, 0.29) is 0 Å². The van der Waals surface area contributed by atoms with Crippen LogP contribution in [-0.2, 0) is 0 Å². The highest BCUT2D eigenvalue weighted by Crippen LogP contribution is 2.27. The topological polar surface area (TPSA) is 51.6 Å². The van der Waals surface area contributed by atoms with Crippen LogP contribution in [0.25, 0.3) is 22.6 Å². The predicted octanol–water partition coefficient (Wildman–Crippen LogP) is 3.25. The van der Waals surface area contributed by atoms with Crippen LogP contribution < -0.4 is 0 Å². The summed E-state index contributed by atoms with van der Waals surface area (Å²) >= 11 is 5.85. The largest absolute Gasteiger partial charge is 0.255 e. The molecule has 4 nitrogen and oxygen atoms in total. The SMILES string of the molecule is Clc1ccc(-c2cncnc2-c2ccccn2)nc1. The molecule has 3 aromatic heterocycles. The lowest BCUT2D eigenvalue weighted by atomic mass is 10.1. The van der Waals surface area contributed by atoms with E-state index in [0.29, 0.717) is 5.02 Å². The van der Waals surface area contributed by atoms with Crippen molar-refractivity contribution in [1.29, 1.82) is 0 Å². The molecule has 0 aromatic carbocycles. The lowest BCUT2D eigenvalue weighted by Crippen LogP contribution is -1.94. The first kappa shape index (κ1) is 11.7. The highest BCUT2D eigenvalue weighted by atomic mass is 35.5. The van der Waals surface area contributed by atoms with Gasteiger partial charge in [-0.05, 0) is 24.3 Å². The molecule has 5 heteroatoms. The molecule has 0 saturated carbocycles. The Morgan fingerprint density at radius 1 is 0.842 bits per heavy atom. The maximum Gasteiger partial charge on any atom is 0.116 e. The van der Waals surface area contributed by atoms with Gasteiger partial charge >= 0.3 is 0 Å². The van der Waals surface area contributed by atoms with Gasteiger partial charge in [0.15, 0.2) is 0 Å². The van der Waals surface area contributed by atoms with Crippen LogP contribution in [-0.4, -0.2) is 19.9 Å². The first-order valence-electron chi connectivity index (χ1n) is 5.68. The van der Waals surface area contributed by atoms with Gasteiger partial charge in [-0.2, -0.15) is 0 Å². The molecular weight excluding hydrogens is 260 g/mol. The van der Waals surface area contributed by atoms with Gasteiger partial charge in [0, 0.05) is 24.2 Å². The van der Waals surface area contributed by atoms with Gasteiger partial charge in [-0.3, -0.25) is 9.97 Å². The van der Waals surface area contributed by atoms with Crippen molar-refractivity contribution in [3.05, 3.63) is 60.3 Å². The van der Waals surface area contributed by atoms with Crippen molar-refractivity contribution >= 4 is 11.6 Å². The van der Waals surface area contributed by atoms with E-state index in [1.54, 1.807) is 24.7 Å². The fraction of sp³-hybridized carbons (Fsp3) is 0. The summed E-state index contributed by atoms with van der Waals surface area (Å²) in [5, 5.41) is 0.597. The normalized spacial score (nSPS) is 10.4. The fourth-order valence-electron chi connectivity index (χ4n) is 1.76. The number of hydrogen-bond donors (Lipinski definition) is 0. The molecular formula is C14H9ClN4. The van der Waals surface area contributed by atoms with Crippen LogP contribution in [0.2, 0.25) is 5.02 Å². The first-order valence-corrected chi connectivity index (χ1v) is 6.06. The van der Waals surface area contributed by atoms with Gasteiger partial charge in [-0.1, -0.05) is 17.7 Å². The van der Waals surface area contributed by atoms with Gasteiger partial charge in [-0.15, -0.1) is 0 Å². The highest BCUT2D eigenvalue weighted by Gasteiger charge is 2.10. The lowest BCUT2D eigenvalue weighted by Gasteiger charge is -2.06. The molecule has 19 heavy (non-hydrogen) atoms. The van der Waals surface area contributed by atoms with Crippen molar-refractivity contribution < 1.29 is 0 Å². The molecule has 0 fully saturated rings. The van der Waals surface area contributed by atoms with E-state index in [1.807, 2.05) is 24.3 Å². The molecule has 0 aliphatic heterocycles. The third kappa shape index (κ3) is 2.44. The van der Waals surface area contributed by atoms with Gasteiger partial charge in [0.2, 0.25) is 0 Å². The van der Waals surface area contributed by atoms with Crippen LogP contribution in [0.1, 0.15) is 0 Å². The molecule has 0 spiro atoms. The Bertz CT molecular complexity index is 683. The lowest BCUT2D eigenvalue weighted by molar-refractivity contribution is 1.14. The quantitative estimate of drug-likeness (QED) is 0.716. The smallest absolute Gasteiger partial charge is 0.116 e. The molecule has 3 rings (SSSR count). The summed E-state index contributed by atoms with van der Waals surface area (Å²) in [6.45, 7) is 0. The summed E-state index contributed by atoms with van der Waals surface area (Å²) < 4.78 is 0. The predicted molar refractivity (Wildman–Crippen MR) is 73.5 cm³/mol. The number of rotatable bonds is 2. The van der Waals surface area contributed by atoms with Crippen LogP contribution >= 0.6 is 11.6 Å². The Morgan fingerprint density at radius 3 is 2.53 bits per heavy atom.